The van der Waals surface area contributed by atoms with E-state index in [-0.39, 0.29) is 16.5 Å². The molecule has 4 heteroatoms. The number of benzene rings is 1. The van der Waals surface area contributed by atoms with E-state index in [1.807, 2.05) is 6.92 Å². The number of rotatable bonds is 1. The molecule has 15 heavy (non-hydrogen) atoms. The molecule has 0 aromatic heterocycles. The van der Waals surface area contributed by atoms with Crippen LogP contribution in [0.1, 0.15) is 12.0 Å². The first-order valence-electron chi connectivity index (χ1n) is 4.82. The van der Waals surface area contributed by atoms with E-state index in [0.29, 0.717) is 13.0 Å². The van der Waals surface area contributed by atoms with Crippen LogP contribution < -0.4 is 4.90 Å². The molecular formula is C11H12BrNO2. The van der Waals surface area contributed by atoms with E-state index in [9.17, 15) is 9.90 Å². The van der Waals surface area contributed by atoms with Crippen molar-refractivity contribution in [2.75, 3.05) is 11.4 Å². The number of phenolic OH excluding ortho intramolecular Hbond substituents is 1. The molecule has 0 saturated carbocycles. The molecule has 1 aromatic rings. The summed E-state index contributed by atoms with van der Waals surface area (Å²) in [6, 6.07) is 5.06. The van der Waals surface area contributed by atoms with E-state index < -0.39 is 0 Å². The summed E-state index contributed by atoms with van der Waals surface area (Å²) in [5, 5.41) is 9.29. The molecule has 1 fully saturated rings. The summed E-state index contributed by atoms with van der Waals surface area (Å²) < 4.78 is 0. The fourth-order valence-electron chi connectivity index (χ4n) is 1.84. The first-order valence-corrected chi connectivity index (χ1v) is 5.73. The highest BCUT2D eigenvalue weighted by Crippen LogP contribution is 2.29. The van der Waals surface area contributed by atoms with Crippen LogP contribution >= 0.6 is 15.9 Å². The summed E-state index contributed by atoms with van der Waals surface area (Å²) in [5.74, 6) is 0.365. The van der Waals surface area contributed by atoms with Crippen molar-refractivity contribution in [2.24, 2.45) is 0 Å². The molecule has 1 heterocycles. The highest BCUT2D eigenvalue weighted by molar-refractivity contribution is 9.09. The number of hydrogen-bond donors (Lipinski definition) is 1. The topological polar surface area (TPSA) is 40.5 Å². The number of anilines is 1. The van der Waals surface area contributed by atoms with Gasteiger partial charge in [-0.1, -0.05) is 15.9 Å². The Morgan fingerprint density at radius 3 is 2.80 bits per heavy atom. The normalized spacial score (nSPS) is 21.1. The van der Waals surface area contributed by atoms with Crippen molar-refractivity contribution in [3.8, 4) is 5.75 Å². The summed E-state index contributed by atoms with van der Waals surface area (Å²) in [4.78, 5) is 13.6. The van der Waals surface area contributed by atoms with Gasteiger partial charge >= 0.3 is 0 Å². The van der Waals surface area contributed by atoms with Crippen LogP contribution in [-0.4, -0.2) is 22.4 Å². The van der Waals surface area contributed by atoms with Crippen molar-refractivity contribution < 1.29 is 9.90 Å². The fraction of sp³-hybridized carbons (Fsp3) is 0.364. The van der Waals surface area contributed by atoms with Crippen LogP contribution in [-0.2, 0) is 4.79 Å². The molecule has 1 amide bonds. The van der Waals surface area contributed by atoms with Crippen molar-refractivity contribution in [1.82, 2.24) is 0 Å². The molecule has 80 valence electrons. The second kappa shape index (κ2) is 3.85. The summed E-state index contributed by atoms with van der Waals surface area (Å²) >= 11 is 3.44. The highest BCUT2D eigenvalue weighted by Gasteiger charge is 2.29. The van der Waals surface area contributed by atoms with E-state index in [2.05, 4.69) is 15.9 Å². The third-order valence-electron chi connectivity index (χ3n) is 2.55. The lowest BCUT2D eigenvalue weighted by molar-refractivity contribution is -0.117. The number of carbonyl (C=O) groups is 1. The second-order valence-electron chi connectivity index (χ2n) is 3.78. The number of alkyl halides is 1. The number of phenols is 1. The number of amides is 1. The molecule has 0 spiro atoms. The number of nitrogens with zero attached hydrogens (tertiary/aromatic N) is 1. The number of carbonyl (C=O) groups excluding carboxylic acids is 1. The van der Waals surface area contributed by atoms with Crippen LogP contribution in [0.25, 0.3) is 0 Å². The standard InChI is InChI=1S/C11H12BrNO2/c1-7-4-9(14)2-3-10(7)13-6-8(12)5-11(13)15/h2-4,8,14H,5-6H2,1H3. The number of aromatic hydroxyl groups is 1. The average molecular weight is 270 g/mol. The third-order valence-corrected chi connectivity index (χ3v) is 3.16. The van der Waals surface area contributed by atoms with Gasteiger partial charge in [0.1, 0.15) is 5.75 Å². The van der Waals surface area contributed by atoms with E-state index in [0.717, 1.165) is 11.3 Å². The van der Waals surface area contributed by atoms with Gasteiger partial charge < -0.3 is 10.0 Å². The molecule has 1 aromatic carbocycles. The number of hydrogen-bond acceptors (Lipinski definition) is 2. The largest absolute Gasteiger partial charge is 0.508 e. The van der Waals surface area contributed by atoms with E-state index in [1.54, 1.807) is 23.1 Å². The highest BCUT2D eigenvalue weighted by atomic mass is 79.9. The van der Waals surface area contributed by atoms with Crippen LogP contribution in [0.3, 0.4) is 0 Å². The summed E-state index contributed by atoms with van der Waals surface area (Å²) in [7, 11) is 0. The predicted molar refractivity (Wildman–Crippen MR) is 62.5 cm³/mol. The van der Waals surface area contributed by atoms with Gasteiger partial charge in [-0.3, -0.25) is 4.79 Å². The zero-order chi connectivity index (χ0) is 11.0. The average Bonchev–Trinajstić information content (AvgIpc) is 2.45. The Morgan fingerprint density at radius 1 is 1.53 bits per heavy atom. The minimum absolute atomic E-state index is 0.130. The molecule has 2 rings (SSSR count). The van der Waals surface area contributed by atoms with Gasteiger partial charge in [0, 0.05) is 23.5 Å². The first-order chi connectivity index (χ1) is 7.08. The molecule has 0 aliphatic carbocycles. The van der Waals surface area contributed by atoms with Crippen LogP contribution in [0.2, 0.25) is 0 Å². The van der Waals surface area contributed by atoms with E-state index in [1.165, 1.54) is 0 Å². The van der Waals surface area contributed by atoms with Crippen molar-refractivity contribution in [3.05, 3.63) is 23.8 Å². The van der Waals surface area contributed by atoms with Gasteiger partial charge in [0.15, 0.2) is 0 Å². The van der Waals surface area contributed by atoms with Crippen molar-refractivity contribution in [3.63, 3.8) is 0 Å². The Morgan fingerprint density at radius 2 is 2.27 bits per heavy atom. The molecule has 1 aliphatic heterocycles. The summed E-state index contributed by atoms with van der Waals surface area (Å²) in [6.45, 7) is 2.59. The molecule has 1 aliphatic rings. The fourth-order valence-corrected chi connectivity index (χ4v) is 2.41. The molecule has 3 nitrogen and oxygen atoms in total. The lowest BCUT2D eigenvalue weighted by atomic mass is 10.2. The maximum Gasteiger partial charge on any atom is 0.228 e. The Hall–Kier alpha value is -1.03. The molecule has 1 unspecified atom stereocenters. The van der Waals surface area contributed by atoms with Gasteiger partial charge in [-0.05, 0) is 30.7 Å². The lowest BCUT2D eigenvalue weighted by Gasteiger charge is -2.18. The summed E-state index contributed by atoms with van der Waals surface area (Å²) in [5.41, 5.74) is 1.81. The molecule has 1 atom stereocenters. The molecule has 0 radical (unpaired) electrons. The first kappa shape index (κ1) is 10.5. The lowest BCUT2D eigenvalue weighted by Crippen LogP contribution is -2.25. The van der Waals surface area contributed by atoms with Crippen LogP contribution in [0.5, 0.6) is 5.75 Å². The van der Waals surface area contributed by atoms with Crippen LogP contribution in [0, 0.1) is 6.92 Å². The summed E-state index contributed by atoms with van der Waals surface area (Å²) in [6.07, 6.45) is 0.542. The number of halogens is 1. The Balaban J connectivity index is 2.34. The quantitative estimate of drug-likeness (QED) is 0.795. The van der Waals surface area contributed by atoms with Gasteiger partial charge in [-0.2, -0.15) is 0 Å². The van der Waals surface area contributed by atoms with E-state index >= 15 is 0 Å². The zero-order valence-corrected chi connectivity index (χ0v) is 9.99. The van der Waals surface area contributed by atoms with E-state index in [4.69, 9.17) is 0 Å². The predicted octanol–water partition coefficient (Wildman–Crippen LogP) is 2.20. The Bertz CT molecular complexity index is 406. The minimum Gasteiger partial charge on any atom is -0.508 e. The van der Waals surface area contributed by atoms with Gasteiger partial charge in [-0.15, -0.1) is 0 Å². The zero-order valence-electron chi connectivity index (χ0n) is 8.40. The van der Waals surface area contributed by atoms with Gasteiger partial charge in [0.05, 0.1) is 0 Å². The number of aryl methyl sites for hydroxylation is 1. The maximum absolute atomic E-state index is 11.7. The van der Waals surface area contributed by atoms with Crippen LogP contribution in [0.4, 0.5) is 5.69 Å². The second-order valence-corrected chi connectivity index (χ2v) is 5.07. The monoisotopic (exact) mass is 269 g/mol. The van der Waals surface area contributed by atoms with Crippen molar-refractivity contribution >= 4 is 27.5 Å². The third kappa shape index (κ3) is 2.00. The smallest absolute Gasteiger partial charge is 0.228 e. The molecule has 0 bridgehead atoms. The minimum atomic E-state index is 0.130. The van der Waals surface area contributed by atoms with Crippen molar-refractivity contribution in [2.45, 2.75) is 18.2 Å². The SMILES string of the molecule is Cc1cc(O)ccc1N1CC(Br)CC1=O. The Labute approximate surface area is 96.8 Å². The Kier molecular flexibility index (Phi) is 2.69. The van der Waals surface area contributed by atoms with Crippen LogP contribution in [0.15, 0.2) is 18.2 Å². The van der Waals surface area contributed by atoms with Crippen molar-refractivity contribution in [1.29, 1.82) is 0 Å². The maximum atomic E-state index is 11.7. The molecular weight excluding hydrogens is 258 g/mol. The van der Waals surface area contributed by atoms with Gasteiger partial charge in [-0.25, -0.2) is 0 Å². The molecule has 1 N–H and O–H groups in total. The molecule has 1 saturated heterocycles. The van der Waals surface area contributed by atoms with Gasteiger partial charge in [0.25, 0.3) is 0 Å². The van der Waals surface area contributed by atoms with Gasteiger partial charge in [0.2, 0.25) is 5.91 Å².